The SMILES string of the molecule is C=C/C=C\C=C(/C=C)NC(=O)C=C. The van der Waals surface area contributed by atoms with Crippen LogP contribution in [0.25, 0.3) is 0 Å². The van der Waals surface area contributed by atoms with Crippen molar-refractivity contribution in [3.63, 3.8) is 0 Å². The van der Waals surface area contributed by atoms with Gasteiger partial charge in [0, 0.05) is 5.70 Å². The highest BCUT2D eigenvalue weighted by Gasteiger charge is 1.93. The summed E-state index contributed by atoms with van der Waals surface area (Å²) in [6.07, 6.45) is 9.63. The first-order valence-electron chi connectivity index (χ1n) is 3.79. The smallest absolute Gasteiger partial charge is 0.247 e. The third-order valence-corrected chi connectivity index (χ3v) is 1.20. The zero-order valence-corrected chi connectivity index (χ0v) is 7.49. The van der Waals surface area contributed by atoms with Crippen LogP contribution in [0.4, 0.5) is 0 Å². The molecule has 0 rings (SSSR count). The fraction of sp³-hybridized carbons (Fsp3) is 0. The Hall–Kier alpha value is -1.83. The minimum atomic E-state index is -0.252. The Labute approximate surface area is 78.7 Å². The molecule has 0 aliphatic heterocycles. The minimum absolute atomic E-state index is 0.252. The van der Waals surface area contributed by atoms with Crippen molar-refractivity contribution in [3.05, 3.63) is 61.9 Å². The van der Waals surface area contributed by atoms with Gasteiger partial charge in [0.05, 0.1) is 0 Å². The van der Waals surface area contributed by atoms with Gasteiger partial charge in [0.25, 0.3) is 0 Å². The van der Waals surface area contributed by atoms with Crippen molar-refractivity contribution < 1.29 is 4.79 Å². The normalized spacial score (nSPS) is 10.9. The molecular formula is C11H13NO. The van der Waals surface area contributed by atoms with Gasteiger partial charge < -0.3 is 5.32 Å². The molecule has 0 saturated carbocycles. The lowest BCUT2D eigenvalue weighted by atomic mass is 10.3. The van der Waals surface area contributed by atoms with Crippen LogP contribution in [0.3, 0.4) is 0 Å². The summed E-state index contributed by atoms with van der Waals surface area (Å²) >= 11 is 0. The van der Waals surface area contributed by atoms with Crippen LogP contribution in [0, 0.1) is 0 Å². The summed E-state index contributed by atoms with van der Waals surface area (Å²) in [6, 6.07) is 0. The first-order chi connectivity index (χ1) is 6.24. The molecule has 0 bridgehead atoms. The van der Waals surface area contributed by atoms with Crippen molar-refractivity contribution in [1.29, 1.82) is 0 Å². The third-order valence-electron chi connectivity index (χ3n) is 1.20. The van der Waals surface area contributed by atoms with E-state index in [-0.39, 0.29) is 5.91 Å². The number of carbonyl (C=O) groups is 1. The highest BCUT2D eigenvalue weighted by atomic mass is 16.1. The lowest BCUT2D eigenvalue weighted by Gasteiger charge is -1.99. The molecule has 0 aliphatic rings. The molecule has 0 saturated heterocycles. The summed E-state index contributed by atoms with van der Waals surface area (Å²) in [5.74, 6) is -0.252. The molecule has 0 aromatic rings. The van der Waals surface area contributed by atoms with Gasteiger partial charge in [-0.25, -0.2) is 0 Å². The zero-order valence-electron chi connectivity index (χ0n) is 7.49. The minimum Gasteiger partial charge on any atom is -0.323 e. The average Bonchev–Trinajstić information content (AvgIpc) is 2.16. The first kappa shape index (κ1) is 11.2. The summed E-state index contributed by atoms with van der Waals surface area (Å²) in [4.78, 5) is 10.9. The van der Waals surface area contributed by atoms with E-state index in [1.54, 1.807) is 30.4 Å². The first-order valence-corrected chi connectivity index (χ1v) is 3.79. The van der Waals surface area contributed by atoms with Gasteiger partial charge in [0.15, 0.2) is 0 Å². The van der Waals surface area contributed by atoms with E-state index in [0.29, 0.717) is 5.70 Å². The van der Waals surface area contributed by atoms with E-state index in [1.807, 2.05) is 0 Å². The average molecular weight is 175 g/mol. The molecule has 0 heterocycles. The maximum atomic E-state index is 10.9. The predicted molar refractivity (Wildman–Crippen MR) is 56.0 cm³/mol. The van der Waals surface area contributed by atoms with Gasteiger partial charge in [-0.3, -0.25) is 4.79 Å². The number of nitrogens with one attached hydrogen (secondary N) is 1. The molecule has 2 heteroatoms. The molecule has 0 aromatic carbocycles. The second-order valence-electron chi connectivity index (χ2n) is 2.14. The Morgan fingerprint density at radius 2 is 1.77 bits per heavy atom. The van der Waals surface area contributed by atoms with Gasteiger partial charge in [-0.2, -0.15) is 0 Å². The number of amides is 1. The molecule has 0 fully saturated rings. The van der Waals surface area contributed by atoms with E-state index in [4.69, 9.17) is 0 Å². The van der Waals surface area contributed by atoms with Gasteiger partial charge in [-0.15, -0.1) is 0 Å². The highest BCUT2D eigenvalue weighted by Crippen LogP contribution is 1.91. The largest absolute Gasteiger partial charge is 0.323 e. The summed E-state index contributed by atoms with van der Waals surface area (Å²) in [5.41, 5.74) is 0.628. The zero-order chi connectivity index (χ0) is 10.1. The van der Waals surface area contributed by atoms with Crippen molar-refractivity contribution in [2.45, 2.75) is 0 Å². The number of rotatable bonds is 5. The maximum absolute atomic E-state index is 10.9. The van der Waals surface area contributed by atoms with Crippen LogP contribution in [0.1, 0.15) is 0 Å². The van der Waals surface area contributed by atoms with E-state index in [2.05, 4.69) is 25.1 Å². The fourth-order valence-corrected chi connectivity index (χ4v) is 0.592. The number of allylic oxidation sites excluding steroid dienone is 5. The fourth-order valence-electron chi connectivity index (χ4n) is 0.592. The molecule has 0 atom stereocenters. The lowest BCUT2D eigenvalue weighted by molar-refractivity contribution is -0.115. The standard InChI is InChI=1S/C11H13NO/c1-4-7-8-9-10(5-2)12-11(13)6-3/h4-9H,1-3H2,(H,12,13)/b8-7-,10-9+. The van der Waals surface area contributed by atoms with Crippen LogP contribution >= 0.6 is 0 Å². The summed E-state index contributed by atoms with van der Waals surface area (Å²) < 4.78 is 0. The summed E-state index contributed by atoms with van der Waals surface area (Å²) in [5, 5.41) is 2.58. The number of carbonyl (C=O) groups excluding carboxylic acids is 1. The van der Waals surface area contributed by atoms with E-state index in [1.165, 1.54) is 6.08 Å². The second kappa shape index (κ2) is 6.85. The summed E-state index contributed by atoms with van der Waals surface area (Å²) in [7, 11) is 0. The van der Waals surface area contributed by atoms with E-state index in [9.17, 15) is 4.79 Å². The summed E-state index contributed by atoms with van der Waals surface area (Å²) in [6.45, 7) is 10.4. The van der Waals surface area contributed by atoms with Gasteiger partial charge in [0.2, 0.25) is 5.91 Å². The van der Waals surface area contributed by atoms with E-state index in [0.717, 1.165) is 0 Å². The van der Waals surface area contributed by atoms with Gasteiger partial charge >= 0.3 is 0 Å². The Balaban J connectivity index is 4.32. The maximum Gasteiger partial charge on any atom is 0.247 e. The van der Waals surface area contributed by atoms with Crippen molar-refractivity contribution in [2.24, 2.45) is 0 Å². The highest BCUT2D eigenvalue weighted by molar-refractivity contribution is 5.88. The Bertz CT molecular complexity index is 272. The molecule has 1 amide bonds. The Kier molecular flexibility index (Phi) is 5.89. The molecule has 0 spiro atoms. The van der Waals surface area contributed by atoms with Gasteiger partial charge in [0.1, 0.15) is 0 Å². The molecule has 68 valence electrons. The number of hydrogen-bond donors (Lipinski definition) is 1. The molecule has 1 N–H and O–H groups in total. The molecule has 0 aliphatic carbocycles. The van der Waals surface area contributed by atoms with Crippen LogP contribution in [-0.4, -0.2) is 5.91 Å². The monoisotopic (exact) mass is 175 g/mol. The predicted octanol–water partition coefficient (Wildman–Crippen LogP) is 2.10. The van der Waals surface area contributed by atoms with Gasteiger partial charge in [-0.1, -0.05) is 38.0 Å². The van der Waals surface area contributed by atoms with Crippen LogP contribution in [-0.2, 0) is 4.79 Å². The molecular weight excluding hydrogens is 162 g/mol. The topological polar surface area (TPSA) is 29.1 Å². The van der Waals surface area contributed by atoms with Crippen molar-refractivity contribution in [3.8, 4) is 0 Å². The molecule has 2 nitrogen and oxygen atoms in total. The Morgan fingerprint density at radius 1 is 1.08 bits per heavy atom. The van der Waals surface area contributed by atoms with E-state index < -0.39 is 0 Å². The quantitative estimate of drug-likeness (QED) is 0.503. The van der Waals surface area contributed by atoms with Crippen LogP contribution in [0.5, 0.6) is 0 Å². The van der Waals surface area contributed by atoms with Crippen LogP contribution in [0.15, 0.2) is 61.9 Å². The third kappa shape index (κ3) is 5.44. The van der Waals surface area contributed by atoms with Crippen molar-refractivity contribution in [1.82, 2.24) is 5.32 Å². The Morgan fingerprint density at radius 3 is 2.23 bits per heavy atom. The number of hydrogen-bond acceptors (Lipinski definition) is 1. The molecule has 0 aromatic heterocycles. The van der Waals surface area contributed by atoms with E-state index >= 15 is 0 Å². The molecule has 13 heavy (non-hydrogen) atoms. The van der Waals surface area contributed by atoms with Crippen LogP contribution < -0.4 is 5.32 Å². The van der Waals surface area contributed by atoms with Crippen LogP contribution in [0.2, 0.25) is 0 Å². The van der Waals surface area contributed by atoms with Crippen molar-refractivity contribution >= 4 is 5.91 Å². The molecule has 0 radical (unpaired) electrons. The van der Waals surface area contributed by atoms with Crippen molar-refractivity contribution in [2.75, 3.05) is 0 Å². The second-order valence-corrected chi connectivity index (χ2v) is 2.14. The molecule has 0 unspecified atom stereocenters. The lowest BCUT2D eigenvalue weighted by Crippen LogP contribution is -2.18. The van der Waals surface area contributed by atoms with Gasteiger partial charge in [-0.05, 0) is 18.2 Å².